The number of unbranched alkanes of at least 4 members (excludes halogenated alkanes) is 2. The van der Waals surface area contributed by atoms with Gasteiger partial charge in [0.05, 0.1) is 10.7 Å². The van der Waals surface area contributed by atoms with Crippen molar-refractivity contribution in [2.75, 3.05) is 41.7 Å². The van der Waals surface area contributed by atoms with E-state index in [9.17, 15) is 9.59 Å². The first-order valence-corrected chi connectivity index (χ1v) is 11.4. The molecule has 1 saturated heterocycles. The number of hydrogen-bond acceptors (Lipinski definition) is 3. The van der Waals surface area contributed by atoms with E-state index in [1.807, 2.05) is 29.2 Å². The third-order valence-electron chi connectivity index (χ3n) is 5.30. The Morgan fingerprint density at radius 1 is 0.935 bits per heavy atom. The Kier molecular flexibility index (Phi) is 8.43. The number of halogens is 2. The summed E-state index contributed by atoms with van der Waals surface area (Å²) < 4.78 is 0. The van der Waals surface area contributed by atoms with E-state index in [2.05, 4.69) is 22.5 Å². The number of urea groups is 1. The Bertz CT molecular complexity index is 897. The molecule has 0 aromatic heterocycles. The van der Waals surface area contributed by atoms with Gasteiger partial charge in [0.15, 0.2) is 0 Å². The fourth-order valence-corrected chi connectivity index (χ4v) is 3.99. The highest BCUT2D eigenvalue weighted by Crippen LogP contribution is 2.26. The quantitative estimate of drug-likeness (QED) is 0.505. The van der Waals surface area contributed by atoms with Gasteiger partial charge in [0.2, 0.25) is 5.91 Å². The zero-order valence-corrected chi connectivity index (χ0v) is 19.2. The van der Waals surface area contributed by atoms with Crippen molar-refractivity contribution in [2.24, 2.45) is 0 Å². The summed E-state index contributed by atoms with van der Waals surface area (Å²) in [5.74, 6) is 0.263. The molecule has 1 aliphatic heterocycles. The van der Waals surface area contributed by atoms with Crippen molar-refractivity contribution in [1.82, 2.24) is 4.90 Å². The Morgan fingerprint density at radius 2 is 1.65 bits per heavy atom. The van der Waals surface area contributed by atoms with Crippen LogP contribution in [0, 0.1) is 0 Å². The zero-order chi connectivity index (χ0) is 22.2. The smallest absolute Gasteiger partial charge is 0.323 e. The van der Waals surface area contributed by atoms with E-state index in [1.165, 1.54) is 0 Å². The van der Waals surface area contributed by atoms with Crippen LogP contribution in [0.5, 0.6) is 0 Å². The first-order valence-electron chi connectivity index (χ1n) is 10.6. The Morgan fingerprint density at radius 3 is 2.29 bits per heavy atom. The molecular formula is C23H28Cl2N4O2. The minimum atomic E-state index is -0.382. The largest absolute Gasteiger partial charge is 0.368 e. The lowest BCUT2D eigenvalue weighted by atomic mass is 10.1. The fraction of sp³-hybridized carbons (Fsp3) is 0.391. The van der Waals surface area contributed by atoms with E-state index in [0.717, 1.165) is 51.1 Å². The molecule has 2 aromatic carbocycles. The Hall–Kier alpha value is -2.44. The van der Waals surface area contributed by atoms with Crippen LogP contribution in [0.4, 0.5) is 21.9 Å². The van der Waals surface area contributed by atoms with Crippen molar-refractivity contribution in [2.45, 2.75) is 32.6 Å². The average molecular weight is 463 g/mol. The summed E-state index contributed by atoms with van der Waals surface area (Å²) in [6.07, 6.45) is 3.86. The normalized spacial score (nSPS) is 13.8. The number of rotatable bonds is 7. The van der Waals surface area contributed by atoms with Crippen molar-refractivity contribution in [3.8, 4) is 0 Å². The maximum atomic E-state index is 12.3. The summed E-state index contributed by atoms with van der Waals surface area (Å²) in [6.45, 7) is 5.25. The van der Waals surface area contributed by atoms with Crippen molar-refractivity contribution in [3.05, 3.63) is 52.5 Å². The molecule has 1 aliphatic rings. The van der Waals surface area contributed by atoms with Gasteiger partial charge in [0.25, 0.3) is 0 Å². The van der Waals surface area contributed by atoms with Gasteiger partial charge in [0.1, 0.15) is 0 Å². The van der Waals surface area contributed by atoms with Crippen LogP contribution in [0.15, 0.2) is 42.5 Å². The number of nitrogens with zero attached hydrogens (tertiary/aromatic N) is 2. The lowest BCUT2D eigenvalue weighted by molar-refractivity contribution is -0.131. The molecule has 0 atom stereocenters. The molecule has 166 valence electrons. The van der Waals surface area contributed by atoms with Gasteiger partial charge in [-0.3, -0.25) is 4.79 Å². The van der Waals surface area contributed by atoms with E-state index in [-0.39, 0.29) is 11.9 Å². The van der Waals surface area contributed by atoms with E-state index in [4.69, 9.17) is 23.2 Å². The van der Waals surface area contributed by atoms with Crippen LogP contribution >= 0.6 is 23.2 Å². The molecule has 0 bridgehead atoms. The zero-order valence-electron chi connectivity index (χ0n) is 17.7. The van der Waals surface area contributed by atoms with Gasteiger partial charge in [0, 0.05) is 49.0 Å². The van der Waals surface area contributed by atoms with Crippen LogP contribution in [0.25, 0.3) is 0 Å². The predicted molar refractivity (Wildman–Crippen MR) is 128 cm³/mol. The van der Waals surface area contributed by atoms with E-state index in [1.54, 1.807) is 18.2 Å². The highest BCUT2D eigenvalue weighted by molar-refractivity contribution is 6.36. The second-order valence-electron chi connectivity index (χ2n) is 7.58. The van der Waals surface area contributed by atoms with Gasteiger partial charge in [-0.05, 0) is 48.9 Å². The number of benzene rings is 2. The van der Waals surface area contributed by atoms with Crippen molar-refractivity contribution >= 4 is 52.2 Å². The molecule has 1 fully saturated rings. The second kappa shape index (κ2) is 11.3. The monoisotopic (exact) mass is 462 g/mol. The topological polar surface area (TPSA) is 64.7 Å². The standard InChI is InChI=1S/C23H28Cl2N4O2/c1-2-3-4-5-22(30)29-14-12-28(13-15-29)19-9-7-18(8-10-19)26-23(31)27-21-11-6-17(24)16-20(21)25/h6-11,16H,2-5,12-15H2,1H3,(H2,26,27,31). The Balaban J connectivity index is 1.48. The van der Waals surface area contributed by atoms with E-state index in [0.29, 0.717) is 27.8 Å². The number of anilines is 3. The van der Waals surface area contributed by atoms with E-state index >= 15 is 0 Å². The summed E-state index contributed by atoms with van der Waals surface area (Å²) >= 11 is 12.0. The summed E-state index contributed by atoms with van der Waals surface area (Å²) in [5.41, 5.74) is 2.24. The molecule has 0 saturated carbocycles. The molecule has 2 N–H and O–H groups in total. The molecular weight excluding hydrogens is 435 g/mol. The molecule has 8 heteroatoms. The SMILES string of the molecule is CCCCCC(=O)N1CCN(c2ccc(NC(=O)Nc3ccc(Cl)cc3Cl)cc2)CC1. The highest BCUT2D eigenvalue weighted by atomic mass is 35.5. The number of carbonyl (C=O) groups is 2. The van der Waals surface area contributed by atoms with Crippen LogP contribution in [0.3, 0.4) is 0 Å². The molecule has 2 aromatic rings. The first kappa shape index (κ1) is 23.2. The fourth-order valence-electron chi connectivity index (χ4n) is 3.53. The minimum Gasteiger partial charge on any atom is -0.368 e. The first-order chi connectivity index (χ1) is 15.0. The molecule has 1 heterocycles. The van der Waals surface area contributed by atoms with E-state index < -0.39 is 0 Å². The van der Waals surface area contributed by atoms with Crippen molar-refractivity contribution in [3.63, 3.8) is 0 Å². The molecule has 6 nitrogen and oxygen atoms in total. The van der Waals surface area contributed by atoms with Crippen molar-refractivity contribution < 1.29 is 9.59 Å². The number of amides is 3. The lowest BCUT2D eigenvalue weighted by Gasteiger charge is -2.36. The van der Waals surface area contributed by atoms with Crippen LogP contribution in [0.2, 0.25) is 10.0 Å². The number of piperazine rings is 1. The van der Waals surface area contributed by atoms with Crippen LogP contribution in [-0.2, 0) is 4.79 Å². The summed E-state index contributed by atoms with van der Waals surface area (Å²) in [5, 5.41) is 6.39. The van der Waals surface area contributed by atoms with Gasteiger partial charge in [-0.2, -0.15) is 0 Å². The van der Waals surface area contributed by atoms with Gasteiger partial charge in [-0.25, -0.2) is 4.79 Å². The second-order valence-corrected chi connectivity index (χ2v) is 8.42. The molecule has 31 heavy (non-hydrogen) atoms. The molecule has 0 unspecified atom stereocenters. The summed E-state index contributed by atoms with van der Waals surface area (Å²) in [4.78, 5) is 28.7. The number of nitrogens with one attached hydrogen (secondary N) is 2. The van der Waals surface area contributed by atoms with Gasteiger partial charge in [-0.15, -0.1) is 0 Å². The maximum absolute atomic E-state index is 12.3. The van der Waals surface area contributed by atoms with Gasteiger partial charge in [-0.1, -0.05) is 43.0 Å². The maximum Gasteiger partial charge on any atom is 0.323 e. The van der Waals surface area contributed by atoms with Crippen LogP contribution in [-0.4, -0.2) is 43.0 Å². The van der Waals surface area contributed by atoms with Crippen LogP contribution < -0.4 is 15.5 Å². The average Bonchev–Trinajstić information content (AvgIpc) is 2.76. The third kappa shape index (κ3) is 6.77. The van der Waals surface area contributed by atoms with Crippen molar-refractivity contribution in [1.29, 1.82) is 0 Å². The van der Waals surface area contributed by atoms with Gasteiger partial charge >= 0.3 is 6.03 Å². The molecule has 3 rings (SSSR count). The Labute approximate surface area is 193 Å². The predicted octanol–water partition coefficient (Wildman–Crippen LogP) is 5.87. The minimum absolute atomic E-state index is 0.263. The number of hydrogen-bond donors (Lipinski definition) is 2. The van der Waals surface area contributed by atoms with Crippen LogP contribution in [0.1, 0.15) is 32.6 Å². The molecule has 0 spiro atoms. The molecule has 0 radical (unpaired) electrons. The van der Waals surface area contributed by atoms with Gasteiger partial charge < -0.3 is 20.4 Å². The molecule has 3 amide bonds. The summed E-state index contributed by atoms with van der Waals surface area (Å²) in [7, 11) is 0. The summed E-state index contributed by atoms with van der Waals surface area (Å²) in [6, 6.07) is 12.2. The molecule has 0 aliphatic carbocycles. The lowest BCUT2D eigenvalue weighted by Crippen LogP contribution is -2.48. The third-order valence-corrected chi connectivity index (χ3v) is 5.84. The highest BCUT2D eigenvalue weighted by Gasteiger charge is 2.20. The number of carbonyl (C=O) groups excluding carboxylic acids is 2.